The van der Waals surface area contributed by atoms with Gasteiger partial charge in [0.2, 0.25) is 0 Å². The molecule has 100 valence electrons. The molecule has 0 saturated heterocycles. The number of aromatic amines is 1. The molecule has 2 aromatic heterocycles. The molecule has 4 nitrogen and oxygen atoms in total. The van der Waals surface area contributed by atoms with Crippen LogP contribution in [0.1, 0.15) is 32.0 Å². The zero-order valence-electron chi connectivity index (χ0n) is 11.5. The van der Waals surface area contributed by atoms with Crippen LogP contribution >= 0.6 is 0 Å². The first-order chi connectivity index (χ1) is 8.97. The van der Waals surface area contributed by atoms with Gasteiger partial charge in [0.25, 0.3) is 5.56 Å². The van der Waals surface area contributed by atoms with E-state index in [9.17, 15) is 4.79 Å². The predicted octanol–water partition coefficient (Wildman–Crippen LogP) is 2.41. The maximum atomic E-state index is 12.1. The molecule has 0 aliphatic carbocycles. The topological polar surface area (TPSA) is 55.0 Å². The highest BCUT2D eigenvalue weighted by atomic mass is 16.5. The molecule has 1 N–H and O–H groups in total. The van der Waals surface area contributed by atoms with Crippen LogP contribution in [0.2, 0.25) is 0 Å². The molecule has 1 aliphatic rings. The third kappa shape index (κ3) is 2.06. The van der Waals surface area contributed by atoms with Crippen molar-refractivity contribution in [2.75, 3.05) is 0 Å². The Morgan fingerprint density at radius 1 is 1.42 bits per heavy atom. The Labute approximate surface area is 111 Å². The fourth-order valence-corrected chi connectivity index (χ4v) is 2.57. The molecule has 4 heteroatoms. The van der Waals surface area contributed by atoms with Crippen molar-refractivity contribution in [1.82, 2.24) is 9.97 Å². The van der Waals surface area contributed by atoms with Gasteiger partial charge in [0.1, 0.15) is 0 Å². The number of nitrogens with zero attached hydrogens (tertiary/aromatic N) is 1. The molecule has 3 heterocycles. The molecule has 0 radical (unpaired) electrons. The van der Waals surface area contributed by atoms with Crippen LogP contribution in [0, 0.1) is 5.41 Å². The zero-order chi connectivity index (χ0) is 13.6. The molecule has 0 aromatic carbocycles. The normalized spacial score (nSPS) is 19.4. The molecule has 0 bridgehead atoms. The summed E-state index contributed by atoms with van der Waals surface area (Å²) < 4.78 is 5.95. The van der Waals surface area contributed by atoms with Gasteiger partial charge in [-0.15, -0.1) is 0 Å². The average Bonchev–Trinajstić information content (AvgIpc) is 2.37. The second kappa shape index (κ2) is 4.17. The van der Waals surface area contributed by atoms with Crippen molar-refractivity contribution in [2.24, 2.45) is 5.41 Å². The highest BCUT2D eigenvalue weighted by molar-refractivity contribution is 5.81. The minimum absolute atomic E-state index is 0.0589. The van der Waals surface area contributed by atoms with Crippen LogP contribution in [-0.4, -0.2) is 16.1 Å². The molecule has 3 rings (SSSR count). The van der Waals surface area contributed by atoms with E-state index in [0.717, 1.165) is 23.2 Å². The highest BCUT2D eigenvalue weighted by Gasteiger charge is 2.31. The van der Waals surface area contributed by atoms with Crippen LogP contribution < -0.4 is 5.56 Å². The lowest BCUT2D eigenvalue weighted by atomic mass is 9.84. The molecular formula is C15H18N2O2. The Hall–Kier alpha value is -1.68. The molecule has 0 fully saturated rings. The van der Waals surface area contributed by atoms with E-state index >= 15 is 0 Å². The van der Waals surface area contributed by atoms with Crippen molar-refractivity contribution >= 4 is 10.9 Å². The van der Waals surface area contributed by atoms with Gasteiger partial charge in [-0.2, -0.15) is 0 Å². The Morgan fingerprint density at radius 2 is 2.21 bits per heavy atom. The number of ether oxygens (including phenoxy) is 1. The second-order valence-electron chi connectivity index (χ2n) is 6.18. The average molecular weight is 258 g/mol. The molecular weight excluding hydrogens is 240 g/mol. The van der Waals surface area contributed by atoms with Gasteiger partial charge in [0, 0.05) is 23.9 Å². The summed E-state index contributed by atoms with van der Waals surface area (Å²) in [6.07, 6.45) is 2.58. The van der Waals surface area contributed by atoms with Crippen molar-refractivity contribution in [2.45, 2.75) is 39.9 Å². The van der Waals surface area contributed by atoms with E-state index in [0.29, 0.717) is 12.0 Å². The number of aromatic nitrogens is 2. The summed E-state index contributed by atoms with van der Waals surface area (Å²) in [4.78, 5) is 19.4. The fraction of sp³-hybridized carbons (Fsp3) is 0.467. The maximum absolute atomic E-state index is 12.1. The van der Waals surface area contributed by atoms with Crippen LogP contribution in [0.5, 0.6) is 0 Å². The molecule has 0 amide bonds. The van der Waals surface area contributed by atoms with E-state index in [-0.39, 0.29) is 17.1 Å². The predicted molar refractivity (Wildman–Crippen MR) is 74.1 cm³/mol. The van der Waals surface area contributed by atoms with Crippen molar-refractivity contribution in [3.63, 3.8) is 0 Å². The largest absolute Gasteiger partial charge is 0.372 e. The van der Waals surface area contributed by atoms with Crippen molar-refractivity contribution in [1.29, 1.82) is 0 Å². The van der Waals surface area contributed by atoms with Gasteiger partial charge in [0.05, 0.1) is 23.6 Å². The van der Waals surface area contributed by atoms with E-state index in [1.165, 1.54) is 0 Å². The molecule has 1 aliphatic heterocycles. The lowest BCUT2D eigenvalue weighted by molar-refractivity contribution is -0.0380. The maximum Gasteiger partial charge on any atom is 0.257 e. The van der Waals surface area contributed by atoms with Gasteiger partial charge < -0.3 is 9.72 Å². The third-order valence-corrected chi connectivity index (χ3v) is 3.75. The summed E-state index contributed by atoms with van der Waals surface area (Å²) in [7, 11) is 0. The second-order valence-corrected chi connectivity index (χ2v) is 6.18. The highest BCUT2D eigenvalue weighted by Crippen LogP contribution is 2.32. The number of hydrogen-bond donors (Lipinski definition) is 1. The number of nitrogens with one attached hydrogen (secondary N) is 1. The summed E-state index contributed by atoms with van der Waals surface area (Å²) in [5, 5.41) is 0.638. The number of hydrogen-bond acceptors (Lipinski definition) is 3. The van der Waals surface area contributed by atoms with E-state index in [4.69, 9.17) is 4.74 Å². The lowest BCUT2D eigenvalue weighted by Gasteiger charge is -2.34. The van der Waals surface area contributed by atoms with Crippen LogP contribution in [-0.2, 0) is 17.8 Å². The van der Waals surface area contributed by atoms with Gasteiger partial charge in [-0.05, 0) is 17.5 Å². The number of pyridine rings is 2. The van der Waals surface area contributed by atoms with Gasteiger partial charge >= 0.3 is 0 Å². The first kappa shape index (κ1) is 12.4. The first-order valence-corrected chi connectivity index (χ1v) is 6.57. The Bertz CT molecular complexity index is 683. The van der Waals surface area contributed by atoms with E-state index in [2.05, 4.69) is 30.7 Å². The Morgan fingerprint density at radius 3 is 2.95 bits per heavy atom. The number of H-pyrrole nitrogens is 1. The smallest absolute Gasteiger partial charge is 0.257 e. The summed E-state index contributed by atoms with van der Waals surface area (Å²) in [6, 6.07) is 3.59. The lowest BCUT2D eigenvalue weighted by Crippen LogP contribution is -2.36. The van der Waals surface area contributed by atoms with Gasteiger partial charge in [-0.1, -0.05) is 20.8 Å². The van der Waals surface area contributed by atoms with Crippen molar-refractivity contribution in [3.8, 4) is 0 Å². The molecule has 1 unspecified atom stereocenters. The van der Waals surface area contributed by atoms with Gasteiger partial charge in [0.15, 0.2) is 0 Å². The monoisotopic (exact) mass is 258 g/mol. The SMILES string of the molecule is CC(C)(C)C1Cc2[nH]c(=O)c3cccnc3c2CO1. The minimum atomic E-state index is -0.0589. The summed E-state index contributed by atoms with van der Waals surface area (Å²) in [5.74, 6) is 0. The first-order valence-electron chi connectivity index (χ1n) is 6.57. The fourth-order valence-electron chi connectivity index (χ4n) is 2.57. The Balaban J connectivity index is 2.15. The summed E-state index contributed by atoms with van der Waals surface area (Å²) in [5.41, 5.74) is 2.77. The summed E-state index contributed by atoms with van der Waals surface area (Å²) >= 11 is 0. The van der Waals surface area contributed by atoms with Crippen LogP contribution in [0.4, 0.5) is 0 Å². The Kier molecular flexibility index (Phi) is 2.71. The molecule has 19 heavy (non-hydrogen) atoms. The van der Waals surface area contributed by atoms with E-state index < -0.39 is 0 Å². The van der Waals surface area contributed by atoms with Crippen LogP contribution in [0.15, 0.2) is 23.1 Å². The molecule has 0 spiro atoms. The zero-order valence-corrected chi connectivity index (χ0v) is 11.5. The third-order valence-electron chi connectivity index (χ3n) is 3.75. The van der Waals surface area contributed by atoms with Crippen LogP contribution in [0.3, 0.4) is 0 Å². The van der Waals surface area contributed by atoms with Crippen molar-refractivity contribution in [3.05, 3.63) is 39.9 Å². The standard InChI is InChI=1S/C15H18N2O2/c1-15(2,3)12-7-11-10(8-19-12)13-9(14(18)17-11)5-4-6-16-13/h4-6,12H,7-8H2,1-3H3,(H,17,18). The summed E-state index contributed by atoms with van der Waals surface area (Å²) in [6.45, 7) is 6.97. The molecule has 2 aromatic rings. The quantitative estimate of drug-likeness (QED) is 0.789. The molecule has 1 atom stereocenters. The molecule has 0 saturated carbocycles. The van der Waals surface area contributed by atoms with Gasteiger partial charge in [-0.3, -0.25) is 9.78 Å². The van der Waals surface area contributed by atoms with Crippen molar-refractivity contribution < 1.29 is 4.74 Å². The van der Waals surface area contributed by atoms with E-state index in [1.807, 2.05) is 0 Å². The number of rotatable bonds is 0. The van der Waals surface area contributed by atoms with Gasteiger partial charge in [-0.25, -0.2) is 0 Å². The van der Waals surface area contributed by atoms with E-state index in [1.54, 1.807) is 18.3 Å². The minimum Gasteiger partial charge on any atom is -0.372 e. The van der Waals surface area contributed by atoms with Crippen LogP contribution in [0.25, 0.3) is 10.9 Å². The number of fused-ring (bicyclic) bond motifs is 3.